The minimum absolute atomic E-state index is 0.244. The van der Waals surface area contributed by atoms with Gasteiger partial charge in [-0.05, 0) is 6.42 Å². The van der Waals surface area contributed by atoms with E-state index in [9.17, 15) is 19.5 Å². The Morgan fingerprint density at radius 1 is 1.12 bits per heavy atom. The third kappa shape index (κ3) is 4.49. The van der Waals surface area contributed by atoms with E-state index >= 15 is 0 Å². The predicted octanol–water partition coefficient (Wildman–Crippen LogP) is -0.0150. The first kappa shape index (κ1) is 21.4. The van der Waals surface area contributed by atoms with Gasteiger partial charge in [0.2, 0.25) is 11.8 Å². The second-order valence-electron chi connectivity index (χ2n) is 8.04. The second kappa shape index (κ2) is 7.70. The molecule has 0 radical (unpaired) electrons. The van der Waals surface area contributed by atoms with Crippen molar-refractivity contribution in [2.24, 2.45) is 16.6 Å². The molecule has 144 valence electrons. The molecular formula is C17H31N3O5. The van der Waals surface area contributed by atoms with Crippen molar-refractivity contribution in [3.8, 4) is 0 Å². The lowest BCUT2D eigenvalue weighted by Gasteiger charge is -2.61. The summed E-state index contributed by atoms with van der Waals surface area (Å²) in [6.45, 7) is 9.40. The number of nitrogens with one attached hydrogen (secondary N) is 2. The Balaban J connectivity index is 2.77. The van der Waals surface area contributed by atoms with Crippen molar-refractivity contribution in [3.05, 3.63) is 0 Å². The van der Waals surface area contributed by atoms with Gasteiger partial charge in [-0.15, -0.1) is 0 Å². The van der Waals surface area contributed by atoms with Gasteiger partial charge in [0.25, 0.3) is 0 Å². The average Bonchev–Trinajstić information content (AvgIpc) is 2.49. The number of carboxylic acids is 1. The van der Waals surface area contributed by atoms with Gasteiger partial charge in [0.1, 0.15) is 6.04 Å². The largest absolute Gasteiger partial charge is 0.481 e. The first-order chi connectivity index (χ1) is 11.4. The molecule has 0 spiro atoms. The molecule has 1 aliphatic rings. The van der Waals surface area contributed by atoms with E-state index in [1.54, 1.807) is 0 Å². The van der Waals surface area contributed by atoms with E-state index < -0.39 is 47.3 Å². The Morgan fingerprint density at radius 3 is 2.08 bits per heavy atom. The molecular weight excluding hydrogens is 326 g/mol. The number of aliphatic carboxylic acids is 1. The number of hydrogen-bond acceptors (Lipinski definition) is 5. The number of carbonyl (C=O) groups excluding carboxylic acids is 2. The molecule has 1 rings (SSSR count). The van der Waals surface area contributed by atoms with Gasteiger partial charge in [0, 0.05) is 16.9 Å². The van der Waals surface area contributed by atoms with E-state index in [1.165, 1.54) is 0 Å². The molecule has 0 saturated heterocycles. The van der Waals surface area contributed by atoms with Gasteiger partial charge < -0.3 is 26.6 Å². The number of aliphatic hydroxyl groups excluding tert-OH is 1. The van der Waals surface area contributed by atoms with Crippen LogP contribution in [-0.2, 0) is 14.4 Å². The summed E-state index contributed by atoms with van der Waals surface area (Å²) in [4.78, 5) is 35.3. The topological polar surface area (TPSA) is 142 Å². The number of hydrogen-bond donors (Lipinski definition) is 5. The van der Waals surface area contributed by atoms with Crippen molar-refractivity contribution >= 4 is 17.8 Å². The molecule has 0 aliphatic heterocycles. The Labute approximate surface area is 148 Å². The van der Waals surface area contributed by atoms with Gasteiger partial charge in [-0.3, -0.25) is 14.4 Å². The molecule has 0 unspecified atom stereocenters. The van der Waals surface area contributed by atoms with Crippen molar-refractivity contribution in [1.82, 2.24) is 10.6 Å². The van der Waals surface area contributed by atoms with Gasteiger partial charge in [-0.1, -0.05) is 41.0 Å². The first-order valence-corrected chi connectivity index (χ1v) is 8.61. The van der Waals surface area contributed by atoms with Crippen LogP contribution in [0.4, 0.5) is 0 Å². The second-order valence-corrected chi connectivity index (χ2v) is 8.04. The summed E-state index contributed by atoms with van der Waals surface area (Å²) in [6.07, 6.45) is 0.0230. The molecule has 0 bridgehead atoms. The van der Waals surface area contributed by atoms with Crippen molar-refractivity contribution in [3.63, 3.8) is 0 Å². The molecule has 2 atom stereocenters. The molecule has 8 nitrogen and oxygen atoms in total. The van der Waals surface area contributed by atoms with E-state index in [0.717, 1.165) is 0 Å². The Hall–Kier alpha value is -1.67. The fraction of sp³-hybridized carbons (Fsp3) is 0.824. The highest BCUT2D eigenvalue weighted by atomic mass is 16.4. The number of rotatable bonds is 8. The number of amides is 2. The van der Waals surface area contributed by atoms with E-state index in [2.05, 4.69) is 10.6 Å². The summed E-state index contributed by atoms with van der Waals surface area (Å²) in [5, 5.41) is 24.4. The summed E-state index contributed by atoms with van der Waals surface area (Å²) < 4.78 is 0. The Morgan fingerprint density at radius 2 is 1.64 bits per heavy atom. The van der Waals surface area contributed by atoms with Crippen LogP contribution in [0.3, 0.4) is 0 Å². The van der Waals surface area contributed by atoms with Crippen LogP contribution in [0.1, 0.15) is 53.9 Å². The SMILES string of the molecule is CCC[C@@H](NC(=O)[C@@H](N)CC(=O)O)C(=O)NC1C(C)(C)C(O)C1(C)C. The maximum absolute atomic E-state index is 12.6. The molecule has 0 heterocycles. The molecule has 1 aliphatic carbocycles. The molecule has 0 aromatic rings. The lowest BCUT2D eigenvalue weighted by Crippen LogP contribution is -2.74. The quantitative estimate of drug-likeness (QED) is 0.413. The minimum Gasteiger partial charge on any atom is -0.481 e. The summed E-state index contributed by atoms with van der Waals surface area (Å²) in [6, 6.07) is -2.24. The molecule has 8 heteroatoms. The summed E-state index contributed by atoms with van der Waals surface area (Å²) >= 11 is 0. The van der Waals surface area contributed by atoms with Gasteiger partial charge in [-0.25, -0.2) is 0 Å². The predicted molar refractivity (Wildman–Crippen MR) is 92.6 cm³/mol. The molecule has 0 aromatic heterocycles. The van der Waals surface area contributed by atoms with Crippen LogP contribution >= 0.6 is 0 Å². The van der Waals surface area contributed by atoms with Gasteiger partial charge in [0.05, 0.1) is 18.6 Å². The lowest BCUT2D eigenvalue weighted by molar-refractivity contribution is -0.186. The highest BCUT2D eigenvalue weighted by Crippen LogP contribution is 2.53. The summed E-state index contributed by atoms with van der Waals surface area (Å²) in [5.41, 5.74) is 4.60. The van der Waals surface area contributed by atoms with E-state index in [1.807, 2.05) is 34.6 Å². The van der Waals surface area contributed by atoms with E-state index in [4.69, 9.17) is 10.8 Å². The number of aliphatic hydroxyl groups is 1. The summed E-state index contributed by atoms with van der Waals surface area (Å²) in [7, 11) is 0. The molecule has 1 fully saturated rings. The minimum atomic E-state index is -1.21. The van der Waals surface area contributed by atoms with E-state index in [-0.39, 0.29) is 11.9 Å². The van der Waals surface area contributed by atoms with Crippen molar-refractivity contribution in [2.45, 2.75) is 78.1 Å². The van der Waals surface area contributed by atoms with Crippen LogP contribution < -0.4 is 16.4 Å². The third-order valence-electron chi connectivity index (χ3n) is 5.13. The maximum atomic E-state index is 12.6. The van der Waals surface area contributed by atoms with Gasteiger partial charge in [-0.2, -0.15) is 0 Å². The zero-order valence-electron chi connectivity index (χ0n) is 15.6. The lowest BCUT2D eigenvalue weighted by atomic mass is 9.49. The van der Waals surface area contributed by atoms with Crippen LogP contribution in [0.25, 0.3) is 0 Å². The zero-order chi connectivity index (χ0) is 19.6. The molecule has 1 saturated carbocycles. The molecule has 6 N–H and O–H groups in total. The monoisotopic (exact) mass is 357 g/mol. The number of carbonyl (C=O) groups is 3. The van der Waals surface area contributed by atoms with Gasteiger partial charge in [0.15, 0.2) is 0 Å². The van der Waals surface area contributed by atoms with Crippen molar-refractivity contribution in [1.29, 1.82) is 0 Å². The van der Waals surface area contributed by atoms with Crippen LogP contribution in [0.15, 0.2) is 0 Å². The maximum Gasteiger partial charge on any atom is 0.305 e. The van der Waals surface area contributed by atoms with Crippen LogP contribution in [0, 0.1) is 10.8 Å². The Bertz CT molecular complexity index is 516. The number of nitrogens with two attached hydrogens (primary N) is 1. The zero-order valence-corrected chi connectivity index (χ0v) is 15.6. The highest BCUT2D eigenvalue weighted by molar-refractivity contribution is 5.91. The molecule has 25 heavy (non-hydrogen) atoms. The summed E-state index contributed by atoms with van der Waals surface area (Å²) in [5.74, 6) is -2.19. The fourth-order valence-electron chi connectivity index (χ4n) is 3.87. The third-order valence-corrected chi connectivity index (χ3v) is 5.13. The van der Waals surface area contributed by atoms with Crippen LogP contribution in [0.2, 0.25) is 0 Å². The normalized spacial score (nSPS) is 26.0. The molecule has 2 amide bonds. The smallest absolute Gasteiger partial charge is 0.305 e. The number of carboxylic acid groups (broad SMARTS) is 1. The highest BCUT2D eigenvalue weighted by Gasteiger charge is 2.61. The van der Waals surface area contributed by atoms with E-state index in [0.29, 0.717) is 12.8 Å². The fourth-order valence-corrected chi connectivity index (χ4v) is 3.87. The van der Waals surface area contributed by atoms with Crippen molar-refractivity contribution in [2.75, 3.05) is 0 Å². The standard InChI is InChI=1S/C17H31N3O5/c1-6-7-10(19-12(23)9(18)8-11(21)22)13(24)20-14-16(2,3)15(25)17(14,4)5/h9-10,14-15,25H,6-8,18H2,1-5H3,(H,19,23)(H,20,24)(H,21,22)/t9-,10+,14?,15?/m0/s1. The molecule has 0 aromatic carbocycles. The van der Waals surface area contributed by atoms with Gasteiger partial charge >= 0.3 is 5.97 Å². The average molecular weight is 357 g/mol. The Kier molecular flexibility index (Phi) is 6.58. The van der Waals surface area contributed by atoms with Crippen LogP contribution in [-0.4, -0.2) is 52.2 Å². The first-order valence-electron chi connectivity index (χ1n) is 8.61. The van der Waals surface area contributed by atoms with Crippen LogP contribution in [0.5, 0.6) is 0 Å². The van der Waals surface area contributed by atoms with Crippen molar-refractivity contribution < 1.29 is 24.6 Å².